The zero-order valence-corrected chi connectivity index (χ0v) is 13.2. The topological polar surface area (TPSA) is 0 Å². The highest BCUT2D eigenvalue weighted by molar-refractivity contribution is 8.00. The highest BCUT2D eigenvalue weighted by Gasteiger charge is 2.29. The molecule has 0 saturated heterocycles. The van der Waals surface area contributed by atoms with Gasteiger partial charge >= 0.3 is 5.51 Å². The van der Waals surface area contributed by atoms with Crippen LogP contribution in [0.25, 0.3) is 6.08 Å². The van der Waals surface area contributed by atoms with E-state index >= 15 is 0 Å². The molecule has 0 radical (unpaired) electrons. The van der Waals surface area contributed by atoms with Crippen LogP contribution in [0.15, 0.2) is 34.7 Å². The lowest BCUT2D eigenvalue weighted by Crippen LogP contribution is -2.10. The molecule has 0 spiro atoms. The molecule has 5 heteroatoms. The number of rotatable bonds is 4. The molecule has 0 bridgehead atoms. The standard InChI is InChI=1S/C16H18ClF3S/c17-11-14(13-4-2-1-3-5-13)10-12-6-8-15(9-7-12)21-16(18,19)20/h6-10,13H,1-5,11H2/b14-10-. The van der Waals surface area contributed by atoms with Gasteiger partial charge in [0.15, 0.2) is 0 Å². The summed E-state index contributed by atoms with van der Waals surface area (Å²) in [6.07, 6.45) is 8.13. The Kier molecular flexibility index (Phi) is 6.06. The Morgan fingerprint density at radius 2 is 1.76 bits per heavy atom. The van der Waals surface area contributed by atoms with Gasteiger partial charge in [-0.05, 0) is 48.2 Å². The van der Waals surface area contributed by atoms with Gasteiger partial charge in [-0.15, -0.1) is 11.6 Å². The third-order valence-electron chi connectivity index (χ3n) is 3.75. The first kappa shape index (κ1) is 16.8. The van der Waals surface area contributed by atoms with Gasteiger partial charge in [-0.25, -0.2) is 0 Å². The van der Waals surface area contributed by atoms with Gasteiger partial charge in [-0.3, -0.25) is 0 Å². The van der Waals surface area contributed by atoms with Crippen LogP contribution < -0.4 is 0 Å². The Morgan fingerprint density at radius 3 is 2.29 bits per heavy atom. The maximum absolute atomic E-state index is 12.3. The molecule has 1 aromatic rings. The smallest absolute Gasteiger partial charge is 0.160 e. The Bertz CT molecular complexity index is 473. The molecular formula is C16H18ClF3S. The van der Waals surface area contributed by atoms with Crippen molar-refractivity contribution in [3.63, 3.8) is 0 Å². The molecule has 0 atom stereocenters. The van der Waals surface area contributed by atoms with Gasteiger partial charge in [-0.2, -0.15) is 13.2 Å². The monoisotopic (exact) mass is 334 g/mol. The van der Waals surface area contributed by atoms with Gasteiger partial charge in [0.25, 0.3) is 0 Å². The molecule has 0 heterocycles. The molecule has 2 rings (SSSR count). The van der Waals surface area contributed by atoms with Crippen molar-refractivity contribution < 1.29 is 13.2 Å². The van der Waals surface area contributed by atoms with Crippen molar-refractivity contribution in [2.45, 2.75) is 42.5 Å². The minimum atomic E-state index is -4.24. The molecule has 21 heavy (non-hydrogen) atoms. The van der Waals surface area contributed by atoms with E-state index in [9.17, 15) is 13.2 Å². The lowest BCUT2D eigenvalue weighted by Gasteiger charge is -2.23. The summed E-state index contributed by atoms with van der Waals surface area (Å²) >= 11 is 5.96. The lowest BCUT2D eigenvalue weighted by atomic mass is 9.84. The summed E-state index contributed by atoms with van der Waals surface area (Å²) in [7, 11) is 0. The second kappa shape index (κ2) is 7.59. The second-order valence-electron chi connectivity index (χ2n) is 5.30. The van der Waals surface area contributed by atoms with Crippen molar-refractivity contribution in [2.75, 3.05) is 5.88 Å². The molecule has 0 aliphatic heterocycles. The molecule has 1 aliphatic carbocycles. The Balaban J connectivity index is 2.07. The van der Waals surface area contributed by atoms with E-state index in [1.807, 2.05) is 6.08 Å². The van der Waals surface area contributed by atoms with E-state index in [2.05, 4.69) is 0 Å². The number of halogens is 4. The summed E-state index contributed by atoms with van der Waals surface area (Å²) in [6, 6.07) is 6.47. The molecule has 0 aromatic heterocycles. The van der Waals surface area contributed by atoms with Gasteiger partial charge in [0.05, 0.1) is 0 Å². The van der Waals surface area contributed by atoms with Gasteiger partial charge in [0.2, 0.25) is 0 Å². The van der Waals surface area contributed by atoms with Crippen molar-refractivity contribution in [1.82, 2.24) is 0 Å². The molecule has 1 aliphatic rings. The van der Waals surface area contributed by atoms with Gasteiger partial charge < -0.3 is 0 Å². The van der Waals surface area contributed by atoms with Crippen molar-refractivity contribution >= 4 is 29.4 Å². The zero-order chi connectivity index (χ0) is 15.3. The van der Waals surface area contributed by atoms with Crippen LogP contribution in [-0.4, -0.2) is 11.4 Å². The molecule has 116 valence electrons. The van der Waals surface area contributed by atoms with Crippen LogP contribution >= 0.6 is 23.4 Å². The van der Waals surface area contributed by atoms with Crippen LogP contribution in [0.3, 0.4) is 0 Å². The molecule has 0 amide bonds. The van der Waals surface area contributed by atoms with E-state index in [0.29, 0.717) is 11.8 Å². The minimum Gasteiger partial charge on any atom is -0.160 e. The molecular weight excluding hydrogens is 317 g/mol. The Labute approximate surface area is 132 Å². The predicted molar refractivity (Wildman–Crippen MR) is 83.6 cm³/mol. The van der Waals surface area contributed by atoms with Crippen LogP contribution in [0.4, 0.5) is 13.2 Å². The minimum absolute atomic E-state index is 0.0846. The van der Waals surface area contributed by atoms with Gasteiger partial charge in [0, 0.05) is 10.8 Å². The van der Waals surface area contributed by atoms with E-state index in [-0.39, 0.29) is 16.7 Å². The number of allylic oxidation sites excluding steroid dienone is 1. The van der Waals surface area contributed by atoms with Crippen molar-refractivity contribution in [2.24, 2.45) is 5.92 Å². The molecule has 0 N–H and O–H groups in total. The predicted octanol–water partition coefficient (Wildman–Crippen LogP) is 6.50. The van der Waals surface area contributed by atoms with Crippen molar-refractivity contribution in [3.05, 3.63) is 35.4 Å². The van der Waals surface area contributed by atoms with E-state index in [4.69, 9.17) is 11.6 Å². The first-order chi connectivity index (χ1) is 9.98. The molecule has 0 nitrogen and oxygen atoms in total. The average molecular weight is 335 g/mol. The van der Waals surface area contributed by atoms with Crippen LogP contribution in [0, 0.1) is 5.92 Å². The first-order valence-corrected chi connectivity index (χ1v) is 8.45. The van der Waals surface area contributed by atoms with E-state index in [1.165, 1.54) is 49.8 Å². The molecule has 1 fully saturated rings. The Hall–Kier alpha value is -0.610. The fourth-order valence-corrected chi connectivity index (χ4v) is 3.55. The number of thioether (sulfide) groups is 1. The van der Waals surface area contributed by atoms with Gasteiger partial charge in [-0.1, -0.05) is 43.0 Å². The zero-order valence-electron chi connectivity index (χ0n) is 11.6. The highest BCUT2D eigenvalue weighted by Crippen LogP contribution is 2.37. The third kappa shape index (κ3) is 5.59. The quantitative estimate of drug-likeness (QED) is 0.447. The number of alkyl halides is 4. The summed E-state index contributed by atoms with van der Waals surface area (Å²) in [5.41, 5.74) is -2.11. The Morgan fingerprint density at radius 1 is 1.14 bits per heavy atom. The second-order valence-corrected chi connectivity index (χ2v) is 6.71. The summed E-state index contributed by atoms with van der Waals surface area (Å²) < 4.78 is 36.8. The normalized spacial score (nSPS) is 18.0. The highest BCUT2D eigenvalue weighted by atomic mass is 35.5. The lowest BCUT2D eigenvalue weighted by molar-refractivity contribution is -0.0328. The molecule has 1 aromatic carbocycles. The van der Waals surface area contributed by atoms with Crippen molar-refractivity contribution in [1.29, 1.82) is 0 Å². The summed E-state index contributed by atoms with van der Waals surface area (Å²) in [5, 5.41) is 0. The fraction of sp³-hybridized carbons (Fsp3) is 0.500. The van der Waals surface area contributed by atoms with Crippen molar-refractivity contribution in [3.8, 4) is 0 Å². The van der Waals surface area contributed by atoms with E-state index in [1.54, 1.807) is 12.1 Å². The van der Waals surface area contributed by atoms with Crippen LogP contribution in [-0.2, 0) is 0 Å². The SMILES string of the molecule is FC(F)(F)Sc1ccc(/C=C(/CCl)C2CCCCC2)cc1. The maximum atomic E-state index is 12.3. The van der Waals surface area contributed by atoms with Gasteiger partial charge in [0.1, 0.15) is 0 Å². The summed E-state index contributed by atoms with van der Waals surface area (Å²) in [5.74, 6) is 1.02. The van der Waals surface area contributed by atoms with E-state index in [0.717, 1.165) is 5.56 Å². The summed E-state index contributed by atoms with van der Waals surface area (Å²) in [6.45, 7) is 0. The van der Waals surface area contributed by atoms with E-state index < -0.39 is 5.51 Å². The van der Waals surface area contributed by atoms with Crippen LogP contribution in [0.5, 0.6) is 0 Å². The number of benzene rings is 1. The largest absolute Gasteiger partial charge is 0.446 e. The molecule has 1 saturated carbocycles. The average Bonchev–Trinajstić information content (AvgIpc) is 2.46. The number of hydrogen-bond donors (Lipinski definition) is 0. The molecule has 0 unspecified atom stereocenters. The van der Waals surface area contributed by atoms with Crippen LogP contribution in [0.1, 0.15) is 37.7 Å². The van der Waals surface area contributed by atoms with Crippen LogP contribution in [0.2, 0.25) is 0 Å². The summed E-state index contributed by atoms with van der Waals surface area (Å²) in [4.78, 5) is 0.213. The third-order valence-corrected chi connectivity index (χ3v) is 4.80. The maximum Gasteiger partial charge on any atom is 0.446 e. The fourth-order valence-electron chi connectivity index (χ4n) is 2.72. The first-order valence-electron chi connectivity index (χ1n) is 7.10. The number of hydrogen-bond acceptors (Lipinski definition) is 1.